The van der Waals surface area contributed by atoms with E-state index in [-0.39, 0.29) is 17.4 Å². The van der Waals surface area contributed by atoms with Crippen LogP contribution in [0.3, 0.4) is 0 Å². The molecule has 1 atom stereocenters. The number of hydrogen-bond donors (Lipinski definition) is 2. The van der Waals surface area contributed by atoms with Crippen LogP contribution in [0, 0.1) is 5.92 Å². The number of pyridine rings is 1. The van der Waals surface area contributed by atoms with Crippen LogP contribution in [-0.2, 0) is 16.1 Å². The fourth-order valence-corrected chi connectivity index (χ4v) is 1.50. The second-order valence-corrected chi connectivity index (χ2v) is 4.70. The maximum absolute atomic E-state index is 11.8. The number of nitrogens with one attached hydrogen (secondary N) is 1. The van der Waals surface area contributed by atoms with E-state index in [0.717, 1.165) is 0 Å². The predicted molar refractivity (Wildman–Crippen MR) is 74.0 cm³/mol. The van der Waals surface area contributed by atoms with Crippen molar-refractivity contribution in [2.24, 2.45) is 11.7 Å². The molecule has 0 unspecified atom stereocenters. The molecule has 1 aromatic heterocycles. The van der Waals surface area contributed by atoms with Crippen LogP contribution in [0.25, 0.3) is 0 Å². The summed E-state index contributed by atoms with van der Waals surface area (Å²) in [6.45, 7) is 4.63. The molecule has 0 saturated carbocycles. The lowest BCUT2D eigenvalue weighted by Crippen LogP contribution is -2.40. The standard InChI is InChI=1S/C13H21N3O3/c1-9(2)12(14)13(18)15-10-4-5-11(17)16(8-10)6-7-19-3/h4-5,8-9,12H,6-7,14H2,1-3H3,(H,15,18)/t12-/m1/s1. The quantitative estimate of drug-likeness (QED) is 0.782. The smallest absolute Gasteiger partial charge is 0.250 e. The molecule has 1 heterocycles. The van der Waals surface area contributed by atoms with Crippen LogP contribution < -0.4 is 16.6 Å². The van der Waals surface area contributed by atoms with Gasteiger partial charge >= 0.3 is 0 Å². The summed E-state index contributed by atoms with van der Waals surface area (Å²) < 4.78 is 6.41. The average molecular weight is 267 g/mol. The summed E-state index contributed by atoms with van der Waals surface area (Å²) in [5.41, 5.74) is 6.17. The van der Waals surface area contributed by atoms with Crippen LogP contribution >= 0.6 is 0 Å². The van der Waals surface area contributed by atoms with Crippen molar-refractivity contribution in [3.63, 3.8) is 0 Å². The van der Waals surface area contributed by atoms with Gasteiger partial charge in [0.05, 0.1) is 18.3 Å². The second-order valence-electron chi connectivity index (χ2n) is 4.70. The van der Waals surface area contributed by atoms with Gasteiger partial charge in [-0.1, -0.05) is 13.8 Å². The molecule has 3 N–H and O–H groups in total. The third-order valence-corrected chi connectivity index (χ3v) is 2.81. The van der Waals surface area contributed by atoms with Crippen LogP contribution in [-0.4, -0.2) is 30.2 Å². The maximum atomic E-state index is 11.8. The fourth-order valence-electron chi connectivity index (χ4n) is 1.50. The molecule has 0 spiro atoms. The number of hydrogen-bond acceptors (Lipinski definition) is 4. The minimum atomic E-state index is -0.570. The Labute approximate surface area is 112 Å². The number of methoxy groups -OCH3 is 1. The Morgan fingerprint density at radius 2 is 2.16 bits per heavy atom. The first-order chi connectivity index (χ1) is 8.95. The molecule has 0 aromatic carbocycles. The number of aromatic nitrogens is 1. The summed E-state index contributed by atoms with van der Waals surface area (Å²) in [6.07, 6.45) is 1.59. The average Bonchev–Trinajstić information content (AvgIpc) is 2.38. The summed E-state index contributed by atoms with van der Waals surface area (Å²) in [5, 5.41) is 2.70. The number of amides is 1. The normalized spacial score (nSPS) is 12.5. The van der Waals surface area contributed by atoms with Gasteiger partial charge in [-0.2, -0.15) is 0 Å². The Morgan fingerprint density at radius 1 is 1.47 bits per heavy atom. The zero-order valence-electron chi connectivity index (χ0n) is 11.6. The SMILES string of the molecule is COCCn1cc(NC(=O)[C@H](N)C(C)C)ccc1=O. The Bertz CT molecular complexity index is 482. The number of nitrogens with zero attached hydrogens (tertiary/aromatic N) is 1. The van der Waals surface area contributed by atoms with Crippen molar-refractivity contribution in [1.29, 1.82) is 0 Å². The fraction of sp³-hybridized carbons (Fsp3) is 0.538. The van der Waals surface area contributed by atoms with E-state index in [1.165, 1.54) is 10.6 Å². The van der Waals surface area contributed by atoms with Crippen molar-refractivity contribution < 1.29 is 9.53 Å². The van der Waals surface area contributed by atoms with E-state index in [1.54, 1.807) is 19.4 Å². The number of carbonyl (C=O) groups excluding carboxylic acids is 1. The number of anilines is 1. The Balaban J connectivity index is 2.79. The topological polar surface area (TPSA) is 86.3 Å². The maximum Gasteiger partial charge on any atom is 0.250 e. The highest BCUT2D eigenvalue weighted by Crippen LogP contribution is 2.06. The zero-order chi connectivity index (χ0) is 14.4. The molecular formula is C13H21N3O3. The van der Waals surface area contributed by atoms with Gasteiger partial charge in [-0.15, -0.1) is 0 Å². The number of carbonyl (C=O) groups is 1. The van der Waals surface area contributed by atoms with E-state index < -0.39 is 6.04 Å². The Kier molecular flexibility index (Phi) is 5.72. The number of nitrogens with two attached hydrogens (primary N) is 1. The third-order valence-electron chi connectivity index (χ3n) is 2.81. The lowest BCUT2D eigenvalue weighted by molar-refractivity contribution is -0.118. The van der Waals surface area contributed by atoms with Crippen molar-refractivity contribution in [2.75, 3.05) is 19.0 Å². The minimum Gasteiger partial charge on any atom is -0.383 e. The summed E-state index contributed by atoms with van der Waals surface area (Å²) in [7, 11) is 1.57. The lowest BCUT2D eigenvalue weighted by atomic mass is 10.1. The van der Waals surface area contributed by atoms with Gasteiger partial charge in [0.2, 0.25) is 5.91 Å². The van der Waals surface area contributed by atoms with Crippen molar-refractivity contribution in [1.82, 2.24) is 4.57 Å². The third kappa shape index (κ3) is 4.50. The highest BCUT2D eigenvalue weighted by atomic mass is 16.5. The van der Waals surface area contributed by atoms with E-state index >= 15 is 0 Å². The van der Waals surface area contributed by atoms with Crippen molar-refractivity contribution in [3.05, 3.63) is 28.7 Å². The summed E-state index contributed by atoms with van der Waals surface area (Å²) in [4.78, 5) is 23.4. The summed E-state index contributed by atoms with van der Waals surface area (Å²) in [6, 6.07) is 2.40. The monoisotopic (exact) mass is 267 g/mol. The highest BCUT2D eigenvalue weighted by Gasteiger charge is 2.17. The van der Waals surface area contributed by atoms with E-state index in [9.17, 15) is 9.59 Å². The molecule has 1 aromatic rings. The minimum absolute atomic E-state index is 0.0550. The molecular weight excluding hydrogens is 246 g/mol. The van der Waals surface area contributed by atoms with Gasteiger partial charge in [-0.05, 0) is 12.0 Å². The first-order valence-electron chi connectivity index (χ1n) is 6.21. The zero-order valence-corrected chi connectivity index (χ0v) is 11.6. The highest BCUT2D eigenvalue weighted by molar-refractivity contribution is 5.94. The van der Waals surface area contributed by atoms with Crippen LogP contribution in [0.15, 0.2) is 23.1 Å². The van der Waals surface area contributed by atoms with E-state index in [0.29, 0.717) is 18.8 Å². The van der Waals surface area contributed by atoms with E-state index in [4.69, 9.17) is 10.5 Å². The first-order valence-corrected chi connectivity index (χ1v) is 6.21. The van der Waals surface area contributed by atoms with E-state index in [2.05, 4.69) is 5.32 Å². The molecule has 0 aliphatic heterocycles. The Hall–Kier alpha value is -1.66. The second kappa shape index (κ2) is 7.06. The van der Waals surface area contributed by atoms with Gasteiger partial charge in [0, 0.05) is 25.9 Å². The molecule has 1 amide bonds. The summed E-state index contributed by atoms with van der Waals surface area (Å²) in [5.74, 6) is -0.202. The molecule has 0 fully saturated rings. The van der Waals surface area contributed by atoms with Crippen LogP contribution in [0.5, 0.6) is 0 Å². The van der Waals surface area contributed by atoms with Crippen molar-refractivity contribution >= 4 is 11.6 Å². The molecule has 1 rings (SSSR count). The van der Waals surface area contributed by atoms with Gasteiger partial charge in [-0.3, -0.25) is 9.59 Å². The van der Waals surface area contributed by atoms with E-state index in [1.807, 2.05) is 13.8 Å². The van der Waals surface area contributed by atoms with Gasteiger partial charge in [0.25, 0.3) is 5.56 Å². The lowest BCUT2D eigenvalue weighted by Gasteiger charge is -2.16. The number of rotatable bonds is 6. The number of ether oxygens (including phenoxy) is 1. The molecule has 6 nitrogen and oxygen atoms in total. The Morgan fingerprint density at radius 3 is 2.74 bits per heavy atom. The molecule has 0 bridgehead atoms. The molecule has 0 aliphatic rings. The van der Waals surface area contributed by atoms with Crippen LogP contribution in [0.4, 0.5) is 5.69 Å². The molecule has 6 heteroatoms. The van der Waals surface area contributed by atoms with Gasteiger partial charge in [-0.25, -0.2) is 0 Å². The van der Waals surface area contributed by atoms with Crippen LogP contribution in [0.1, 0.15) is 13.8 Å². The molecule has 0 aliphatic carbocycles. The van der Waals surface area contributed by atoms with Crippen molar-refractivity contribution in [3.8, 4) is 0 Å². The first kappa shape index (κ1) is 15.4. The molecule has 106 valence electrons. The van der Waals surface area contributed by atoms with Crippen LogP contribution in [0.2, 0.25) is 0 Å². The predicted octanol–water partition coefficient (Wildman–Crippen LogP) is 0.416. The summed E-state index contributed by atoms with van der Waals surface area (Å²) >= 11 is 0. The van der Waals surface area contributed by atoms with Gasteiger partial charge in [0.15, 0.2) is 0 Å². The van der Waals surface area contributed by atoms with Gasteiger partial charge < -0.3 is 20.4 Å². The van der Waals surface area contributed by atoms with Gasteiger partial charge in [0.1, 0.15) is 0 Å². The largest absolute Gasteiger partial charge is 0.383 e. The molecule has 19 heavy (non-hydrogen) atoms. The molecule has 0 radical (unpaired) electrons. The molecule has 0 saturated heterocycles. The van der Waals surface area contributed by atoms with Crippen molar-refractivity contribution in [2.45, 2.75) is 26.4 Å².